The first-order valence-corrected chi connectivity index (χ1v) is 1.53. The van der Waals surface area contributed by atoms with Crippen molar-refractivity contribution in [3.8, 4) is 0 Å². The Morgan fingerprint density at radius 3 is 2.71 bits per heavy atom. The summed E-state index contributed by atoms with van der Waals surface area (Å²) in [7, 11) is 0. The maximum absolute atomic E-state index is 9.87. The molecule has 0 saturated heterocycles. The van der Waals surface area contributed by atoms with Gasteiger partial charge in [-0.2, -0.15) is 0 Å². The largest absolute Gasteiger partial charge is 0.466 e. The Balaban J connectivity index is 2.67. The smallest absolute Gasteiger partial charge is 0.390 e. The molecular weight excluding hydrogens is 98.0 g/mol. The van der Waals surface area contributed by atoms with Crippen molar-refractivity contribution < 1.29 is 14.6 Å². The minimum Gasteiger partial charge on any atom is -0.466 e. The first-order chi connectivity index (χ1) is 3.29. The Bertz CT molecular complexity index is 128. The highest BCUT2D eigenvalue weighted by atomic mass is 16.6. The van der Waals surface area contributed by atoms with Crippen molar-refractivity contribution in [2.45, 2.75) is 0 Å². The van der Waals surface area contributed by atoms with Gasteiger partial charge in [-0.25, -0.2) is 0 Å². The fraction of sp³-hybridized carbons (Fsp3) is 0. The highest BCUT2D eigenvalue weighted by Gasteiger charge is 2.15. The highest BCUT2D eigenvalue weighted by Crippen LogP contribution is 1.95. The minimum atomic E-state index is -0.683. The Hall–Kier alpha value is -1.06. The zero-order chi connectivity index (χ0) is 5.28. The molecule has 4 heteroatoms. The maximum atomic E-state index is 9.87. The number of nitrogens with zero attached hydrogens (tertiary/aromatic N) is 1. The summed E-state index contributed by atoms with van der Waals surface area (Å²) >= 11 is 0. The molecule has 4 nitrogen and oxygen atoms in total. The molecule has 0 saturated carbocycles. The molecule has 0 fully saturated rings. The summed E-state index contributed by atoms with van der Waals surface area (Å²) in [5, 5.41) is 8.14. The number of aliphatic imine (C=N–C) groups is 1. The van der Waals surface area contributed by atoms with E-state index in [1.807, 2.05) is 0 Å². The predicted octanol–water partition coefficient (Wildman–Crippen LogP) is -0.504. The van der Waals surface area contributed by atoms with Gasteiger partial charge >= 0.3 is 18.6 Å². The van der Waals surface area contributed by atoms with Crippen LogP contribution in [-0.2, 0) is 9.53 Å². The molecule has 36 valence electrons. The van der Waals surface area contributed by atoms with E-state index >= 15 is 0 Å². The zero-order valence-corrected chi connectivity index (χ0v) is 3.21. The first kappa shape index (κ1) is 4.11. The van der Waals surface area contributed by atoms with Crippen molar-refractivity contribution >= 4 is 12.0 Å². The van der Waals surface area contributed by atoms with Crippen LogP contribution in [0.15, 0.2) is 4.99 Å². The van der Waals surface area contributed by atoms with Crippen molar-refractivity contribution in [3.63, 3.8) is 0 Å². The van der Waals surface area contributed by atoms with E-state index in [0.29, 0.717) is 0 Å². The van der Waals surface area contributed by atoms with E-state index in [1.165, 1.54) is 0 Å². The molecular formula is C3HNO3. The predicted molar refractivity (Wildman–Crippen MR) is 19.4 cm³/mol. The number of rotatable bonds is 0. The van der Waals surface area contributed by atoms with E-state index in [2.05, 4.69) is 9.73 Å². The SMILES string of the molecule is O=C1[C]OC(O)=N1. The molecule has 1 aliphatic heterocycles. The lowest BCUT2D eigenvalue weighted by atomic mass is 10.7. The van der Waals surface area contributed by atoms with Crippen LogP contribution in [0.25, 0.3) is 0 Å². The number of hydrogen-bond acceptors (Lipinski definition) is 2. The molecule has 1 N–H and O–H groups in total. The highest BCUT2D eigenvalue weighted by molar-refractivity contribution is 5.97. The number of hydrogen-bond donors (Lipinski definition) is 1. The van der Waals surface area contributed by atoms with Crippen LogP contribution in [0.4, 0.5) is 0 Å². The fourth-order valence-corrected chi connectivity index (χ4v) is 0.222. The molecule has 1 aliphatic rings. The topological polar surface area (TPSA) is 58.9 Å². The fourth-order valence-electron chi connectivity index (χ4n) is 0.222. The number of ether oxygens (including phenoxy) is 1. The van der Waals surface area contributed by atoms with Crippen molar-refractivity contribution in [2.75, 3.05) is 0 Å². The van der Waals surface area contributed by atoms with E-state index in [1.54, 1.807) is 6.61 Å². The molecule has 0 unspecified atom stereocenters. The lowest BCUT2D eigenvalue weighted by Gasteiger charge is -1.80. The summed E-state index contributed by atoms with van der Waals surface area (Å²) in [6.45, 7) is 1.78. The molecule has 0 bridgehead atoms. The molecule has 1 amide bonds. The van der Waals surface area contributed by atoms with Gasteiger partial charge in [0.25, 0.3) is 0 Å². The minimum absolute atomic E-state index is 0.634. The van der Waals surface area contributed by atoms with Gasteiger partial charge in [0, 0.05) is 0 Å². The van der Waals surface area contributed by atoms with Crippen molar-refractivity contribution in [1.29, 1.82) is 0 Å². The average molecular weight is 99.0 g/mol. The Morgan fingerprint density at radius 1 is 1.86 bits per heavy atom. The van der Waals surface area contributed by atoms with Crippen LogP contribution in [0.1, 0.15) is 0 Å². The molecule has 1 heterocycles. The maximum Gasteiger partial charge on any atom is 0.390 e. The number of carbonyl (C=O) groups excluding carboxylic acids is 1. The monoisotopic (exact) mass is 99.0 g/mol. The number of aliphatic hydroxyl groups is 1. The van der Waals surface area contributed by atoms with Gasteiger partial charge in [0.2, 0.25) is 0 Å². The van der Waals surface area contributed by atoms with Crippen LogP contribution >= 0.6 is 0 Å². The molecule has 0 aromatic heterocycles. The summed E-state index contributed by atoms with van der Waals surface area (Å²) in [4.78, 5) is 12.8. The summed E-state index contributed by atoms with van der Waals surface area (Å²) in [6, 6.07) is 0. The van der Waals surface area contributed by atoms with Crippen LogP contribution in [-0.4, -0.2) is 17.1 Å². The molecule has 0 aromatic carbocycles. The van der Waals surface area contributed by atoms with Gasteiger partial charge in [-0.3, -0.25) is 4.79 Å². The van der Waals surface area contributed by atoms with Gasteiger partial charge in [0.1, 0.15) is 0 Å². The van der Waals surface area contributed by atoms with Crippen LogP contribution < -0.4 is 0 Å². The van der Waals surface area contributed by atoms with Gasteiger partial charge in [-0.05, 0) is 0 Å². The van der Waals surface area contributed by atoms with Gasteiger partial charge in [-0.1, -0.05) is 0 Å². The third-order valence-electron chi connectivity index (χ3n) is 0.427. The lowest BCUT2D eigenvalue weighted by molar-refractivity contribution is -0.115. The normalized spacial score (nSPS) is 18.9. The Morgan fingerprint density at radius 2 is 2.57 bits per heavy atom. The van der Waals surface area contributed by atoms with Crippen LogP contribution in [0.3, 0.4) is 0 Å². The Kier molecular flexibility index (Phi) is 0.714. The van der Waals surface area contributed by atoms with E-state index < -0.39 is 12.0 Å². The Labute approximate surface area is 39.4 Å². The second kappa shape index (κ2) is 1.22. The van der Waals surface area contributed by atoms with Gasteiger partial charge < -0.3 is 9.84 Å². The van der Waals surface area contributed by atoms with E-state index in [-0.39, 0.29) is 0 Å². The van der Waals surface area contributed by atoms with Crippen LogP contribution in [0, 0.1) is 6.61 Å². The number of amides is 1. The van der Waals surface area contributed by atoms with Gasteiger partial charge in [0.15, 0.2) is 0 Å². The second-order valence-electron chi connectivity index (χ2n) is 0.904. The molecule has 0 atom stereocenters. The third kappa shape index (κ3) is 0.677. The van der Waals surface area contributed by atoms with Crippen molar-refractivity contribution in [1.82, 2.24) is 0 Å². The number of carbonyl (C=O) groups is 1. The lowest BCUT2D eigenvalue weighted by Crippen LogP contribution is -1.90. The second-order valence-corrected chi connectivity index (χ2v) is 0.904. The standard InChI is InChI=1S/C3HNO3/c5-2-1-7-3(6)4-2/h(H,4,5,6). The zero-order valence-electron chi connectivity index (χ0n) is 3.21. The van der Waals surface area contributed by atoms with Gasteiger partial charge in [0.05, 0.1) is 0 Å². The quantitative estimate of drug-likeness (QED) is 0.445. The summed E-state index contributed by atoms with van der Waals surface area (Å²) < 4.78 is 3.97. The van der Waals surface area contributed by atoms with Crippen molar-refractivity contribution in [2.24, 2.45) is 4.99 Å². The summed E-state index contributed by atoms with van der Waals surface area (Å²) in [5.74, 6) is -0.683. The molecule has 2 radical (unpaired) electrons. The molecule has 0 aromatic rings. The van der Waals surface area contributed by atoms with E-state index in [4.69, 9.17) is 5.11 Å². The first-order valence-electron chi connectivity index (χ1n) is 1.53. The molecule has 0 spiro atoms. The number of aliphatic hydroxyl groups excluding tert-OH is 1. The third-order valence-corrected chi connectivity index (χ3v) is 0.427. The van der Waals surface area contributed by atoms with E-state index in [9.17, 15) is 4.79 Å². The summed E-state index contributed by atoms with van der Waals surface area (Å²) in [6.07, 6.45) is -0.634. The van der Waals surface area contributed by atoms with Crippen LogP contribution in [0.5, 0.6) is 0 Å². The molecule has 1 rings (SSSR count). The van der Waals surface area contributed by atoms with Crippen molar-refractivity contribution in [3.05, 3.63) is 6.61 Å². The van der Waals surface area contributed by atoms with E-state index in [0.717, 1.165) is 0 Å². The molecule has 7 heavy (non-hydrogen) atoms. The van der Waals surface area contributed by atoms with Gasteiger partial charge in [-0.15, -0.1) is 4.99 Å². The van der Waals surface area contributed by atoms with Crippen LogP contribution in [0.2, 0.25) is 0 Å². The molecule has 0 aliphatic carbocycles. The average Bonchev–Trinajstić information content (AvgIpc) is 1.87. The summed E-state index contributed by atoms with van der Waals surface area (Å²) in [5.41, 5.74) is 0.